The van der Waals surface area contributed by atoms with Gasteiger partial charge in [0, 0.05) is 35.8 Å². The van der Waals surface area contributed by atoms with Crippen LogP contribution in [-0.2, 0) is 11.2 Å². The molecule has 1 saturated carbocycles. The Bertz CT molecular complexity index is 852. The summed E-state index contributed by atoms with van der Waals surface area (Å²) in [7, 11) is 0. The maximum absolute atomic E-state index is 11.0. The molecule has 0 spiro atoms. The maximum atomic E-state index is 11.0. The fourth-order valence-corrected chi connectivity index (χ4v) is 4.30. The first-order chi connectivity index (χ1) is 14.0. The van der Waals surface area contributed by atoms with E-state index in [0.29, 0.717) is 32.2 Å². The van der Waals surface area contributed by atoms with Gasteiger partial charge < -0.3 is 14.6 Å². The van der Waals surface area contributed by atoms with Gasteiger partial charge in [0.15, 0.2) is 0 Å². The van der Waals surface area contributed by atoms with Gasteiger partial charge >= 0.3 is 5.97 Å². The minimum absolute atomic E-state index is 0.238. The zero-order valence-corrected chi connectivity index (χ0v) is 17.7. The lowest BCUT2D eigenvalue weighted by Crippen LogP contribution is -2.57. The molecule has 0 bridgehead atoms. The Labute approximate surface area is 176 Å². The van der Waals surface area contributed by atoms with E-state index < -0.39 is 5.97 Å². The van der Waals surface area contributed by atoms with Crippen molar-refractivity contribution in [3.05, 3.63) is 46.0 Å². The Balaban J connectivity index is 1.38. The molecule has 3 aliphatic rings. The second-order valence-electron chi connectivity index (χ2n) is 8.29. The Hall–Kier alpha value is -1.98. The van der Waals surface area contributed by atoms with E-state index >= 15 is 0 Å². The van der Waals surface area contributed by atoms with Crippen LogP contribution < -0.4 is 9.47 Å². The standard InChI is InChI=1S/C23H28ClNO4/c1-3-21(24)20(14(2)15-4-5-15)13-28-19-7-6-16-8-18(12-29-22(16)9-19)25-10-17(11-25)23(26)27/h3,6-7,9,15,17-18H,4-5,8,10-13H2,1-2H3,(H,26,27)/b20-14+,21-3+. The van der Waals surface area contributed by atoms with Gasteiger partial charge in [-0.15, -0.1) is 0 Å². The monoisotopic (exact) mass is 417 g/mol. The van der Waals surface area contributed by atoms with Crippen molar-refractivity contribution in [3.8, 4) is 11.5 Å². The minimum atomic E-state index is -0.705. The average molecular weight is 418 g/mol. The molecule has 1 aliphatic carbocycles. The van der Waals surface area contributed by atoms with Crippen molar-refractivity contribution < 1.29 is 19.4 Å². The summed E-state index contributed by atoms with van der Waals surface area (Å²) in [6.45, 7) is 6.37. The Morgan fingerprint density at radius 2 is 2.10 bits per heavy atom. The summed E-state index contributed by atoms with van der Waals surface area (Å²) in [6, 6.07) is 6.23. The Morgan fingerprint density at radius 1 is 1.34 bits per heavy atom. The van der Waals surface area contributed by atoms with Gasteiger partial charge in [-0.2, -0.15) is 0 Å². The third-order valence-corrected chi connectivity index (χ3v) is 6.74. The van der Waals surface area contributed by atoms with Crippen molar-refractivity contribution >= 4 is 17.6 Å². The van der Waals surface area contributed by atoms with Crippen molar-refractivity contribution in [2.45, 2.75) is 39.2 Å². The zero-order chi connectivity index (χ0) is 20.5. The lowest BCUT2D eigenvalue weighted by Gasteiger charge is -2.43. The first kappa shape index (κ1) is 20.3. The zero-order valence-electron chi connectivity index (χ0n) is 17.0. The molecule has 1 aromatic rings. The second kappa shape index (κ2) is 8.41. The lowest BCUT2D eigenvalue weighted by atomic mass is 9.93. The molecule has 156 valence electrons. The van der Waals surface area contributed by atoms with Crippen LogP contribution >= 0.6 is 11.6 Å². The molecule has 2 fully saturated rings. The molecule has 1 aromatic carbocycles. The van der Waals surface area contributed by atoms with Crippen molar-refractivity contribution in [1.29, 1.82) is 0 Å². The number of nitrogens with zero attached hydrogens (tertiary/aromatic N) is 1. The predicted molar refractivity (Wildman–Crippen MR) is 113 cm³/mol. The number of likely N-dealkylation sites (tertiary alicyclic amines) is 1. The molecular weight excluding hydrogens is 390 g/mol. The first-order valence-corrected chi connectivity index (χ1v) is 10.7. The number of carboxylic acid groups (broad SMARTS) is 1. The highest BCUT2D eigenvalue weighted by Crippen LogP contribution is 2.40. The Kier molecular flexibility index (Phi) is 5.88. The number of halogens is 1. The molecule has 5 nitrogen and oxygen atoms in total. The van der Waals surface area contributed by atoms with Gasteiger partial charge in [-0.3, -0.25) is 9.69 Å². The van der Waals surface area contributed by atoms with E-state index in [0.717, 1.165) is 34.1 Å². The number of rotatable bonds is 7. The van der Waals surface area contributed by atoms with E-state index in [1.807, 2.05) is 25.1 Å². The fourth-order valence-electron chi connectivity index (χ4n) is 4.09. The molecule has 2 heterocycles. The maximum Gasteiger partial charge on any atom is 0.309 e. The van der Waals surface area contributed by atoms with Crippen molar-refractivity contribution in [2.24, 2.45) is 11.8 Å². The Morgan fingerprint density at radius 3 is 2.76 bits per heavy atom. The van der Waals surface area contributed by atoms with Crippen LogP contribution in [0, 0.1) is 11.8 Å². The van der Waals surface area contributed by atoms with Crippen LogP contribution in [0.15, 0.2) is 40.5 Å². The number of carbonyl (C=O) groups is 1. The van der Waals surface area contributed by atoms with E-state index in [1.165, 1.54) is 18.4 Å². The predicted octanol–water partition coefficient (Wildman–Crippen LogP) is 4.25. The number of fused-ring (bicyclic) bond motifs is 1. The molecular formula is C23H28ClNO4. The molecule has 29 heavy (non-hydrogen) atoms. The SMILES string of the molecule is C/C=C(Cl)\C(COc1ccc2c(c1)OCC(N1CC(C(=O)O)C1)C2)=C(/C)C1CC1. The van der Waals surface area contributed by atoms with Crippen molar-refractivity contribution in [2.75, 3.05) is 26.3 Å². The van der Waals surface area contributed by atoms with E-state index in [-0.39, 0.29) is 12.0 Å². The van der Waals surface area contributed by atoms with Crippen LogP contribution in [-0.4, -0.2) is 48.3 Å². The van der Waals surface area contributed by atoms with Crippen LogP contribution in [0.1, 0.15) is 32.3 Å². The van der Waals surface area contributed by atoms with Crippen molar-refractivity contribution in [3.63, 3.8) is 0 Å². The lowest BCUT2D eigenvalue weighted by molar-refractivity contribution is -0.149. The number of aliphatic carboxylic acids is 1. The number of carboxylic acids is 1. The largest absolute Gasteiger partial charge is 0.492 e. The number of benzene rings is 1. The summed E-state index contributed by atoms with van der Waals surface area (Å²) in [5, 5.41) is 9.82. The van der Waals surface area contributed by atoms with Gasteiger partial charge in [-0.1, -0.05) is 29.3 Å². The molecule has 1 N–H and O–H groups in total. The smallest absolute Gasteiger partial charge is 0.309 e. The van der Waals surface area contributed by atoms with Gasteiger partial charge in [-0.25, -0.2) is 0 Å². The van der Waals surface area contributed by atoms with Gasteiger partial charge in [0.25, 0.3) is 0 Å². The van der Waals surface area contributed by atoms with Crippen LogP contribution in [0.5, 0.6) is 11.5 Å². The summed E-state index contributed by atoms with van der Waals surface area (Å²) >= 11 is 6.43. The molecule has 6 heteroatoms. The van der Waals surface area contributed by atoms with Crippen LogP contribution in [0.2, 0.25) is 0 Å². The topological polar surface area (TPSA) is 59.0 Å². The molecule has 2 aliphatic heterocycles. The fraction of sp³-hybridized carbons (Fsp3) is 0.522. The molecule has 1 saturated heterocycles. The molecule has 0 amide bonds. The van der Waals surface area contributed by atoms with Gasteiger partial charge in [-0.05, 0) is 50.7 Å². The highest BCUT2D eigenvalue weighted by Gasteiger charge is 2.38. The third-order valence-electron chi connectivity index (χ3n) is 6.29. The summed E-state index contributed by atoms with van der Waals surface area (Å²) in [6.07, 6.45) is 5.27. The molecule has 1 atom stereocenters. The molecule has 4 rings (SSSR count). The highest BCUT2D eigenvalue weighted by molar-refractivity contribution is 6.32. The van der Waals surface area contributed by atoms with E-state index in [1.54, 1.807) is 0 Å². The van der Waals surface area contributed by atoms with E-state index in [4.69, 9.17) is 26.2 Å². The number of hydrogen-bond donors (Lipinski definition) is 1. The third kappa shape index (κ3) is 4.46. The summed E-state index contributed by atoms with van der Waals surface area (Å²) in [5.74, 6) is 1.34. The average Bonchev–Trinajstić information content (AvgIpc) is 3.51. The van der Waals surface area contributed by atoms with Crippen molar-refractivity contribution in [1.82, 2.24) is 4.90 Å². The van der Waals surface area contributed by atoms with Crippen LogP contribution in [0.3, 0.4) is 0 Å². The molecule has 1 unspecified atom stereocenters. The van der Waals surface area contributed by atoms with E-state index in [9.17, 15) is 4.79 Å². The van der Waals surface area contributed by atoms with E-state index in [2.05, 4.69) is 17.9 Å². The number of hydrogen-bond acceptors (Lipinski definition) is 4. The van der Waals surface area contributed by atoms with Gasteiger partial charge in [0.1, 0.15) is 24.7 Å². The molecule has 0 aromatic heterocycles. The summed E-state index contributed by atoms with van der Waals surface area (Å²) < 4.78 is 12.0. The van der Waals surface area contributed by atoms with Crippen LogP contribution in [0.25, 0.3) is 0 Å². The number of ether oxygens (including phenoxy) is 2. The highest BCUT2D eigenvalue weighted by atomic mass is 35.5. The number of allylic oxidation sites excluding steroid dienone is 2. The first-order valence-electron chi connectivity index (χ1n) is 10.3. The summed E-state index contributed by atoms with van der Waals surface area (Å²) in [4.78, 5) is 13.2. The van der Waals surface area contributed by atoms with Gasteiger partial charge in [0.05, 0.1) is 5.92 Å². The normalized spacial score (nSPS) is 23.6. The quantitative estimate of drug-likeness (QED) is 0.672. The van der Waals surface area contributed by atoms with Gasteiger partial charge in [0.2, 0.25) is 0 Å². The summed E-state index contributed by atoms with van der Waals surface area (Å²) in [5.41, 5.74) is 3.56. The second-order valence-corrected chi connectivity index (χ2v) is 8.70. The molecule has 0 radical (unpaired) electrons. The van der Waals surface area contributed by atoms with Crippen LogP contribution in [0.4, 0.5) is 0 Å². The minimum Gasteiger partial charge on any atom is -0.492 e.